The predicted molar refractivity (Wildman–Crippen MR) is 78.4 cm³/mol. The summed E-state index contributed by atoms with van der Waals surface area (Å²) in [7, 11) is 1.90. The van der Waals surface area contributed by atoms with Crippen LogP contribution in [0.15, 0.2) is 36.5 Å². The summed E-state index contributed by atoms with van der Waals surface area (Å²) < 4.78 is 2.78. The van der Waals surface area contributed by atoms with E-state index in [1.807, 2.05) is 42.1 Å². The number of halogens is 1. The zero-order chi connectivity index (χ0) is 13.0. The molecule has 1 aromatic heterocycles. The highest BCUT2D eigenvalue weighted by atomic mass is 127. The Hall–Kier alpha value is -1.37. The van der Waals surface area contributed by atoms with Gasteiger partial charge in [0, 0.05) is 35.5 Å². The van der Waals surface area contributed by atoms with Gasteiger partial charge in [-0.3, -0.25) is 9.48 Å². The third kappa shape index (κ3) is 3.10. The first kappa shape index (κ1) is 13.1. The van der Waals surface area contributed by atoms with E-state index in [4.69, 9.17) is 0 Å². The molecule has 18 heavy (non-hydrogen) atoms. The maximum Gasteiger partial charge on any atom is 0.252 e. The number of nitrogens with one attached hydrogen (secondary N) is 1. The van der Waals surface area contributed by atoms with Crippen LogP contribution in [0.2, 0.25) is 0 Å². The highest BCUT2D eigenvalue weighted by Gasteiger charge is 2.08. The van der Waals surface area contributed by atoms with Gasteiger partial charge in [-0.15, -0.1) is 0 Å². The van der Waals surface area contributed by atoms with Gasteiger partial charge in [0.05, 0.1) is 5.56 Å². The summed E-state index contributed by atoms with van der Waals surface area (Å²) in [4.78, 5) is 11.9. The van der Waals surface area contributed by atoms with Gasteiger partial charge in [0.15, 0.2) is 0 Å². The van der Waals surface area contributed by atoms with E-state index < -0.39 is 0 Å². The van der Waals surface area contributed by atoms with E-state index in [-0.39, 0.29) is 5.91 Å². The SMILES string of the molecule is Cn1nccc1CCNC(=O)c1ccccc1I. The van der Waals surface area contributed by atoms with Crippen LogP contribution in [-0.4, -0.2) is 22.2 Å². The van der Waals surface area contributed by atoms with Gasteiger partial charge in [-0.25, -0.2) is 0 Å². The number of hydrogen-bond donors (Lipinski definition) is 1. The second-order valence-electron chi connectivity index (χ2n) is 3.93. The van der Waals surface area contributed by atoms with Crippen molar-refractivity contribution in [2.45, 2.75) is 6.42 Å². The highest BCUT2D eigenvalue weighted by molar-refractivity contribution is 14.1. The van der Waals surface area contributed by atoms with Crippen LogP contribution >= 0.6 is 22.6 Å². The van der Waals surface area contributed by atoms with E-state index in [0.29, 0.717) is 6.54 Å². The number of hydrogen-bond acceptors (Lipinski definition) is 2. The van der Waals surface area contributed by atoms with Gasteiger partial charge in [0.1, 0.15) is 0 Å². The molecule has 0 fully saturated rings. The molecule has 4 nitrogen and oxygen atoms in total. The van der Waals surface area contributed by atoms with Crippen molar-refractivity contribution in [1.82, 2.24) is 15.1 Å². The monoisotopic (exact) mass is 355 g/mol. The molecule has 0 saturated heterocycles. The summed E-state index contributed by atoms with van der Waals surface area (Å²) in [6, 6.07) is 9.52. The van der Waals surface area contributed by atoms with Gasteiger partial charge < -0.3 is 5.32 Å². The molecule has 1 amide bonds. The number of aromatic nitrogens is 2. The molecule has 0 bridgehead atoms. The predicted octanol–water partition coefficient (Wildman–Crippen LogP) is 2.00. The average molecular weight is 355 g/mol. The van der Waals surface area contributed by atoms with Crippen LogP contribution in [0, 0.1) is 3.57 Å². The third-order valence-corrected chi connectivity index (χ3v) is 3.65. The van der Waals surface area contributed by atoms with Gasteiger partial charge in [-0.1, -0.05) is 12.1 Å². The summed E-state index contributed by atoms with van der Waals surface area (Å²) in [5.74, 6) is -0.0258. The van der Waals surface area contributed by atoms with Crippen molar-refractivity contribution in [3.05, 3.63) is 51.4 Å². The molecule has 94 valence electrons. The molecule has 5 heteroatoms. The minimum absolute atomic E-state index is 0.0258. The first-order valence-corrected chi connectivity index (χ1v) is 6.76. The second-order valence-corrected chi connectivity index (χ2v) is 5.09. The van der Waals surface area contributed by atoms with E-state index in [9.17, 15) is 4.79 Å². The molecule has 0 aliphatic carbocycles. The Kier molecular flexibility index (Phi) is 4.35. The van der Waals surface area contributed by atoms with Crippen LogP contribution in [0.4, 0.5) is 0 Å². The van der Waals surface area contributed by atoms with Crippen LogP contribution < -0.4 is 5.32 Å². The van der Waals surface area contributed by atoms with Crippen molar-refractivity contribution >= 4 is 28.5 Å². The number of carbonyl (C=O) groups is 1. The maximum absolute atomic E-state index is 11.9. The summed E-state index contributed by atoms with van der Waals surface area (Å²) in [5, 5.41) is 7.01. The third-order valence-electron chi connectivity index (χ3n) is 2.71. The summed E-state index contributed by atoms with van der Waals surface area (Å²) in [6.45, 7) is 0.614. The number of carbonyl (C=O) groups excluding carboxylic acids is 1. The van der Waals surface area contributed by atoms with Crippen molar-refractivity contribution in [3.8, 4) is 0 Å². The summed E-state index contributed by atoms with van der Waals surface area (Å²) in [5.41, 5.74) is 1.83. The Labute approximate surface area is 120 Å². The zero-order valence-electron chi connectivity index (χ0n) is 10.1. The molecule has 0 spiro atoms. The van der Waals surface area contributed by atoms with Crippen LogP contribution in [0.3, 0.4) is 0 Å². The van der Waals surface area contributed by atoms with E-state index in [2.05, 4.69) is 33.0 Å². The lowest BCUT2D eigenvalue weighted by Gasteiger charge is -2.07. The number of benzene rings is 1. The second kappa shape index (κ2) is 5.99. The van der Waals surface area contributed by atoms with Crippen molar-refractivity contribution in [1.29, 1.82) is 0 Å². The van der Waals surface area contributed by atoms with Gasteiger partial charge in [-0.2, -0.15) is 5.10 Å². The van der Waals surface area contributed by atoms with Gasteiger partial charge in [0.25, 0.3) is 5.91 Å². The fourth-order valence-electron chi connectivity index (χ4n) is 1.69. The molecule has 1 N–H and O–H groups in total. The van der Waals surface area contributed by atoms with Crippen LogP contribution in [0.1, 0.15) is 16.1 Å². The van der Waals surface area contributed by atoms with Crippen LogP contribution in [0.5, 0.6) is 0 Å². The zero-order valence-corrected chi connectivity index (χ0v) is 12.2. The van der Waals surface area contributed by atoms with E-state index >= 15 is 0 Å². The summed E-state index contributed by atoms with van der Waals surface area (Å²) >= 11 is 2.17. The quantitative estimate of drug-likeness (QED) is 0.853. The Morgan fingerprint density at radius 1 is 1.39 bits per heavy atom. The van der Waals surface area contributed by atoms with Gasteiger partial charge in [-0.05, 0) is 40.8 Å². The average Bonchev–Trinajstić information content (AvgIpc) is 2.75. The minimum atomic E-state index is -0.0258. The van der Waals surface area contributed by atoms with Crippen molar-refractivity contribution in [3.63, 3.8) is 0 Å². The Morgan fingerprint density at radius 2 is 2.17 bits per heavy atom. The van der Waals surface area contributed by atoms with E-state index in [1.165, 1.54) is 0 Å². The number of nitrogens with zero attached hydrogens (tertiary/aromatic N) is 2. The molecule has 0 saturated carbocycles. The van der Waals surface area contributed by atoms with Crippen LogP contribution in [0.25, 0.3) is 0 Å². The molecule has 1 aromatic carbocycles. The molecule has 0 radical (unpaired) electrons. The molecule has 0 atom stereocenters. The van der Waals surface area contributed by atoms with Crippen molar-refractivity contribution in [2.75, 3.05) is 6.54 Å². The van der Waals surface area contributed by atoms with Crippen molar-refractivity contribution < 1.29 is 4.79 Å². The maximum atomic E-state index is 11.9. The van der Waals surface area contributed by atoms with Crippen LogP contribution in [-0.2, 0) is 13.5 Å². The molecular weight excluding hydrogens is 341 g/mol. The number of rotatable bonds is 4. The first-order valence-electron chi connectivity index (χ1n) is 5.68. The van der Waals surface area contributed by atoms with Gasteiger partial charge in [0.2, 0.25) is 0 Å². The topological polar surface area (TPSA) is 46.9 Å². The highest BCUT2D eigenvalue weighted by Crippen LogP contribution is 2.10. The number of aryl methyl sites for hydroxylation is 1. The molecule has 2 aromatic rings. The lowest BCUT2D eigenvalue weighted by atomic mass is 10.2. The van der Waals surface area contributed by atoms with E-state index in [0.717, 1.165) is 21.2 Å². The summed E-state index contributed by atoms with van der Waals surface area (Å²) in [6.07, 6.45) is 2.54. The van der Waals surface area contributed by atoms with E-state index in [1.54, 1.807) is 6.20 Å². The lowest BCUT2D eigenvalue weighted by Crippen LogP contribution is -2.26. The normalized spacial score (nSPS) is 10.3. The molecule has 2 rings (SSSR count). The molecule has 0 aliphatic heterocycles. The molecular formula is C13H14IN3O. The fourth-order valence-corrected chi connectivity index (χ4v) is 2.32. The van der Waals surface area contributed by atoms with Crippen molar-refractivity contribution in [2.24, 2.45) is 7.05 Å². The minimum Gasteiger partial charge on any atom is -0.352 e. The lowest BCUT2D eigenvalue weighted by molar-refractivity contribution is 0.0953. The Morgan fingerprint density at radius 3 is 2.83 bits per heavy atom. The molecule has 0 unspecified atom stereocenters. The molecule has 0 aliphatic rings. The Balaban J connectivity index is 1.90. The Bertz CT molecular complexity index is 551. The fraction of sp³-hybridized carbons (Fsp3) is 0.231. The first-order chi connectivity index (χ1) is 8.68. The molecule has 1 heterocycles. The standard InChI is InChI=1S/C13H14IN3O/c1-17-10(7-9-16-17)6-8-15-13(18)11-4-2-3-5-12(11)14/h2-5,7,9H,6,8H2,1H3,(H,15,18). The number of amides is 1. The smallest absolute Gasteiger partial charge is 0.252 e. The van der Waals surface area contributed by atoms with Gasteiger partial charge >= 0.3 is 0 Å². The largest absolute Gasteiger partial charge is 0.352 e.